The average molecular weight is 408 g/mol. The number of rotatable bonds is 5. The molecule has 0 unspecified atom stereocenters. The number of esters is 2. The van der Waals surface area contributed by atoms with Gasteiger partial charge in [0, 0.05) is 27.6 Å². The first kappa shape index (κ1) is 19.4. The summed E-state index contributed by atoms with van der Waals surface area (Å²) in [6, 6.07) is 7.34. The molecule has 0 saturated carbocycles. The first-order valence-corrected chi connectivity index (χ1v) is 8.47. The topological polar surface area (TPSA) is 61.8 Å². The lowest BCUT2D eigenvalue weighted by Crippen LogP contribution is -2.18. The summed E-state index contributed by atoms with van der Waals surface area (Å²) < 4.78 is 53.5. The molecule has 0 fully saturated rings. The number of carbonyl (C=O) groups excluding carboxylic acids is 2. The van der Waals surface area contributed by atoms with E-state index in [-0.39, 0.29) is 16.2 Å². The summed E-state index contributed by atoms with van der Waals surface area (Å²) in [6.45, 7) is 6.51. The van der Waals surface area contributed by atoms with Crippen molar-refractivity contribution in [3.63, 3.8) is 0 Å². The molecule has 0 aliphatic carbocycles. The third-order valence-electron chi connectivity index (χ3n) is 3.51. The van der Waals surface area contributed by atoms with E-state index in [9.17, 15) is 22.8 Å². The fraction of sp³-hybridized carbons (Fsp3) is 0.0526. The van der Waals surface area contributed by atoms with E-state index in [1.54, 1.807) is 6.07 Å². The van der Waals surface area contributed by atoms with Gasteiger partial charge in [-0.2, -0.15) is 0 Å². The lowest BCUT2D eigenvalue weighted by Gasteiger charge is -2.13. The zero-order valence-corrected chi connectivity index (χ0v) is 14.9. The molecule has 1 heterocycles. The third-order valence-corrected chi connectivity index (χ3v) is 4.68. The normalized spacial score (nSPS) is 11.2. The second kappa shape index (κ2) is 7.35. The Balaban J connectivity index is 2.19. The van der Waals surface area contributed by atoms with Crippen molar-refractivity contribution in [2.45, 2.75) is 6.36 Å². The SMILES string of the molecule is C=CC(=O)Oc1ccc2c(c1)sc1c(OC(F)(F)F)c(OC(=O)C=C)ccc12. The zero-order valence-electron chi connectivity index (χ0n) is 14.0. The van der Waals surface area contributed by atoms with Crippen LogP contribution in [0.15, 0.2) is 55.6 Å². The molecule has 0 amide bonds. The minimum absolute atomic E-state index is 0.119. The Morgan fingerprint density at radius 1 is 0.964 bits per heavy atom. The summed E-state index contributed by atoms with van der Waals surface area (Å²) in [7, 11) is 0. The zero-order chi connectivity index (χ0) is 20.5. The molecule has 0 aliphatic heterocycles. The van der Waals surface area contributed by atoms with Crippen molar-refractivity contribution in [1.29, 1.82) is 0 Å². The Morgan fingerprint density at radius 3 is 2.25 bits per heavy atom. The monoisotopic (exact) mass is 408 g/mol. The van der Waals surface area contributed by atoms with Gasteiger partial charge in [-0.25, -0.2) is 9.59 Å². The van der Waals surface area contributed by atoms with Crippen LogP contribution in [0.2, 0.25) is 0 Å². The van der Waals surface area contributed by atoms with Crippen LogP contribution in [0.25, 0.3) is 20.2 Å². The second-order valence-corrected chi connectivity index (χ2v) is 6.38. The molecule has 5 nitrogen and oxygen atoms in total. The molecule has 0 atom stereocenters. The van der Waals surface area contributed by atoms with Crippen molar-refractivity contribution in [3.05, 3.63) is 55.6 Å². The van der Waals surface area contributed by atoms with E-state index >= 15 is 0 Å². The highest BCUT2D eigenvalue weighted by Crippen LogP contribution is 2.46. The van der Waals surface area contributed by atoms with Gasteiger partial charge in [0.25, 0.3) is 0 Å². The van der Waals surface area contributed by atoms with Crippen LogP contribution in [0.1, 0.15) is 0 Å². The van der Waals surface area contributed by atoms with Crippen LogP contribution in [0.5, 0.6) is 17.2 Å². The molecule has 0 N–H and O–H groups in total. The van der Waals surface area contributed by atoms with Crippen molar-refractivity contribution < 1.29 is 37.0 Å². The number of ether oxygens (including phenoxy) is 3. The number of alkyl halides is 3. The summed E-state index contributed by atoms with van der Waals surface area (Å²) in [5, 5.41) is 1.08. The van der Waals surface area contributed by atoms with Crippen molar-refractivity contribution >= 4 is 43.4 Å². The Labute approximate surface area is 160 Å². The molecule has 28 heavy (non-hydrogen) atoms. The number of fused-ring (bicyclic) bond motifs is 3. The predicted octanol–water partition coefficient (Wildman–Crippen LogP) is 5.14. The van der Waals surface area contributed by atoms with Gasteiger partial charge in [0.2, 0.25) is 0 Å². The Hall–Kier alpha value is -3.33. The molecule has 0 spiro atoms. The van der Waals surface area contributed by atoms with E-state index < -0.39 is 24.1 Å². The molecular weight excluding hydrogens is 397 g/mol. The van der Waals surface area contributed by atoms with E-state index in [0.29, 0.717) is 15.5 Å². The molecule has 3 aromatic rings. The number of carbonyl (C=O) groups is 2. The van der Waals surface area contributed by atoms with E-state index in [2.05, 4.69) is 17.9 Å². The Morgan fingerprint density at radius 2 is 1.61 bits per heavy atom. The van der Waals surface area contributed by atoms with Gasteiger partial charge in [0.05, 0.1) is 4.70 Å². The first-order chi connectivity index (χ1) is 13.2. The maximum absolute atomic E-state index is 12.9. The molecule has 144 valence electrons. The Kier molecular flexibility index (Phi) is 5.10. The van der Waals surface area contributed by atoms with Crippen molar-refractivity contribution in [2.24, 2.45) is 0 Å². The third kappa shape index (κ3) is 3.99. The van der Waals surface area contributed by atoms with Gasteiger partial charge in [-0.15, -0.1) is 24.5 Å². The summed E-state index contributed by atoms with van der Waals surface area (Å²) in [6.07, 6.45) is -3.18. The number of halogens is 3. The standard InChI is InChI=1S/C19H11F3O5S/c1-3-15(23)25-10-5-6-11-12-7-8-13(26-16(24)4-2)17(27-19(20,21)22)18(12)28-14(11)9-10/h3-9H,1-2H2. The van der Waals surface area contributed by atoms with Gasteiger partial charge >= 0.3 is 18.3 Å². The molecule has 0 bridgehead atoms. The van der Waals surface area contributed by atoms with E-state index in [1.165, 1.54) is 24.3 Å². The highest BCUT2D eigenvalue weighted by Gasteiger charge is 2.34. The quantitative estimate of drug-likeness (QED) is 0.333. The summed E-state index contributed by atoms with van der Waals surface area (Å²) in [5.41, 5.74) is 0. The lowest BCUT2D eigenvalue weighted by molar-refractivity contribution is -0.274. The fourth-order valence-corrected chi connectivity index (χ4v) is 3.65. The van der Waals surface area contributed by atoms with E-state index in [4.69, 9.17) is 9.47 Å². The highest BCUT2D eigenvalue weighted by atomic mass is 32.1. The van der Waals surface area contributed by atoms with Gasteiger partial charge in [0.15, 0.2) is 11.5 Å². The van der Waals surface area contributed by atoms with Crippen LogP contribution in [0.3, 0.4) is 0 Å². The number of benzene rings is 2. The van der Waals surface area contributed by atoms with Crippen LogP contribution >= 0.6 is 11.3 Å². The van der Waals surface area contributed by atoms with E-state index in [1.807, 2.05) is 0 Å². The molecule has 2 aromatic carbocycles. The summed E-state index contributed by atoms with van der Waals surface area (Å²) in [4.78, 5) is 22.8. The van der Waals surface area contributed by atoms with Crippen molar-refractivity contribution in [2.75, 3.05) is 0 Å². The minimum Gasteiger partial charge on any atom is -0.423 e. The highest BCUT2D eigenvalue weighted by molar-refractivity contribution is 7.26. The molecule has 9 heteroatoms. The minimum atomic E-state index is -5.00. The predicted molar refractivity (Wildman–Crippen MR) is 97.7 cm³/mol. The van der Waals surface area contributed by atoms with Gasteiger partial charge in [-0.05, 0) is 30.3 Å². The van der Waals surface area contributed by atoms with Gasteiger partial charge in [-0.3, -0.25) is 0 Å². The summed E-state index contributed by atoms with van der Waals surface area (Å²) in [5.74, 6) is -2.41. The maximum Gasteiger partial charge on any atom is 0.573 e. The van der Waals surface area contributed by atoms with Crippen LogP contribution in [-0.2, 0) is 9.59 Å². The number of hydrogen-bond donors (Lipinski definition) is 0. The maximum atomic E-state index is 12.9. The molecular formula is C19H11F3O5S. The largest absolute Gasteiger partial charge is 0.573 e. The molecule has 3 rings (SSSR count). The fourth-order valence-electron chi connectivity index (χ4n) is 2.44. The molecule has 0 radical (unpaired) electrons. The van der Waals surface area contributed by atoms with E-state index in [0.717, 1.165) is 23.5 Å². The molecule has 0 aliphatic rings. The van der Waals surface area contributed by atoms with Gasteiger partial charge < -0.3 is 14.2 Å². The van der Waals surface area contributed by atoms with Crippen LogP contribution in [0.4, 0.5) is 13.2 Å². The number of hydrogen-bond acceptors (Lipinski definition) is 6. The second-order valence-electron chi connectivity index (χ2n) is 5.33. The lowest BCUT2D eigenvalue weighted by atomic mass is 10.1. The van der Waals surface area contributed by atoms with Crippen LogP contribution in [0, 0.1) is 0 Å². The van der Waals surface area contributed by atoms with Crippen LogP contribution in [-0.4, -0.2) is 18.3 Å². The van der Waals surface area contributed by atoms with Crippen LogP contribution < -0.4 is 14.2 Å². The molecule has 0 saturated heterocycles. The summed E-state index contributed by atoms with van der Waals surface area (Å²) >= 11 is 0.967. The average Bonchev–Trinajstić information content (AvgIpc) is 3.00. The Bertz CT molecular complexity index is 1110. The van der Waals surface area contributed by atoms with Crippen molar-refractivity contribution in [1.82, 2.24) is 0 Å². The first-order valence-electron chi connectivity index (χ1n) is 7.65. The number of thiophene rings is 1. The van der Waals surface area contributed by atoms with Gasteiger partial charge in [-0.1, -0.05) is 13.2 Å². The molecule has 1 aromatic heterocycles. The van der Waals surface area contributed by atoms with Gasteiger partial charge in [0.1, 0.15) is 5.75 Å². The van der Waals surface area contributed by atoms with Crippen molar-refractivity contribution in [3.8, 4) is 17.2 Å². The smallest absolute Gasteiger partial charge is 0.423 e.